The molecule has 6 nitrogen and oxygen atoms in total. The molecule has 2 saturated heterocycles. The minimum Gasteiger partial charge on any atom is -0.490 e. The topological polar surface area (TPSA) is 55.3 Å². The van der Waals surface area contributed by atoms with Crippen LogP contribution in [0.15, 0.2) is 35.3 Å². The van der Waals surface area contributed by atoms with Crippen molar-refractivity contribution in [2.45, 2.75) is 45.1 Å². The fourth-order valence-corrected chi connectivity index (χ4v) is 3.82. The Labute approximate surface area is 175 Å². The molecular formula is C23H37N3O3. The largest absolute Gasteiger partial charge is 0.490 e. The zero-order chi connectivity index (χ0) is 20.2. The smallest absolute Gasteiger partial charge is 0.193 e. The fraction of sp³-hybridized carbons (Fsp3) is 0.696. The van der Waals surface area contributed by atoms with Gasteiger partial charge in [-0.15, -0.1) is 0 Å². The Morgan fingerprint density at radius 2 is 1.90 bits per heavy atom. The summed E-state index contributed by atoms with van der Waals surface area (Å²) in [5.74, 6) is 2.66. The predicted octanol–water partition coefficient (Wildman–Crippen LogP) is 3.33. The summed E-state index contributed by atoms with van der Waals surface area (Å²) in [6.07, 6.45) is 5.56. The van der Waals surface area contributed by atoms with Gasteiger partial charge >= 0.3 is 0 Å². The van der Waals surface area contributed by atoms with Gasteiger partial charge < -0.3 is 24.4 Å². The molecule has 0 spiro atoms. The number of hydrogen-bond acceptors (Lipinski definition) is 4. The van der Waals surface area contributed by atoms with Crippen LogP contribution in [0.2, 0.25) is 0 Å². The highest BCUT2D eigenvalue weighted by Crippen LogP contribution is 2.19. The van der Waals surface area contributed by atoms with Crippen LogP contribution in [0.1, 0.15) is 39.0 Å². The van der Waals surface area contributed by atoms with Crippen molar-refractivity contribution in [3.63, 3.8) is 0 Å². The first kappa shape index (κ1) is 21.9. The molecule has 6 heteroatoms. The van der Waals surface area contributed by atoms with Crippen molar-refractivity contribution in [2.75, 3.05) is 52.6 Å². The Bertz CT molecular complexity index is 582. The van der Waals surface area contributed by atoms with Crippen LogP contribution < -0.4 is 10.1 Å². The molecule has 2 heterocycles. The predicted molar refractivity (Wildman–Crippen MR) is 117 cm³/mol. The Morgan fingerprint density at radius 1 is 1.14 bits per heavy atom. The van der Waals surface area contributed by atoms with Crippen LogP contribution in [-0.2, 0) is 9.47 Å². The highest BCUT2D eigenvalue weighted by Gasteiger charge is 2.22. The lowest BCUT2D eigenvalue weighted by molar-refractivity contribution is 0.0205. The lowest BCUT2D eigenvalue weighted by Crippen LogP contribution is -2.47. The van der Waals surface area contributed by atoms with E-state index in [1.807, 2.05) is 30.3 Å². The van der Waals surface area contributed by atoms with E-state index in [9.17, 15) is 0 Å². The number of piperidine rings is 1. The minimum atomic E-state index is 0.287. The van der Waals surface area contributed by atoms with Gasteiger partial charge in [-0.3, -0.25) is 4.99 Å². The van der Waals surface area contributed by atoms with Gasteiger partial charge in [-0.1, -0.05) is 18.2 Å². The van der Waals surface area contributed by atoms with Crippen LogP contribution in [-0.4, -0.2) is 69.6 Å². The Morgan fingerprint density at radius 3 is 2.62 bits per heavy atom. The number of nitrogens with one attached hydrogen (secondary N) is 1. The first-order valence-electron chi connectivity index (χ1n) is 11.3. The normalized spacial score (nSPS) is 19.3. The van der Waals surface area contributed by atoms with E-state index in [0.29, 0.717) is 5.92 Å². The molecule has 0 aliphatic carbocycles. The molecule has 1 aromatic rings. The van der Waals surface area contributed by atoms with Gasteiger partial charge in [0.25, 0.3) is 0 Å². The third kappa shape index (κ3) is 7.86. The van der Waals surface area contributed by atoms with Crippen LogP contribution in [0, 0.1) is 5.92 Å². The lowest BCUT2D eigenvalue weighted by Gasteiger charge is -2.34. The van der Waals surface area contributed by atoms with Crippen LogP contribution in [0.3, 0.4) is 0 Å². The van der Waals surface area contributed by atoms with Crippen molar-refractivity contribution in [1.82, 2.24) is 10.2 Å². The minimum absolute atomic E-state index is 0.287. The van der Waals surface area contributed by atoms with Crippen LogP contribution in [0.25, 0.3) is 0 Å². The second-order valence-electron chi connectivity index (χ2n) is 7.84. The van der Waals surface area contributed by atoms with Crippen LogP contribution >= 0.6 is 0 Å². The van der Waals surface area contributed by atoms with E-state index in [0.717, 1.165) is 96.4 Å². The van der Waals surface area contributed by atoms with Crippen LogP contribution in [0.4, 0.5) is 0 Å². The summed E-state index contributed by atoms with van der Waals surface area (Å²) in [6.45, 7) is 9.19. The van der Waals surface area contributed by atoms with E-state index in [2.05, 4.69) is 17.1 Å². The average Bonchev–Trinajstić information content (AvgIpc) is 2.77. The van der Waals surface area contributed by atoms with E-state index in [4.69, 9.17) is 19.2 Å². The molecule has 2 aliphatic rings. The molecule has 29 heavy (non-hydrogen) atoms. The quantitative estimate of drug-likeness (QED) is 0.389. The van der Waals surface area contributed by atoms with Crippen molar-refractivity contribution < 1.29 is 14.2 Å². The molecule has 162 valence electrons. The van der Waals surface area contributed by atoms with Gasteiger partial charge in [0.15, 0.2) is 5.96 Å². The molecule has 3 rings (SSSR count). The first-order chi connectivity index (χ1) is 14.3. The van der Waals surface area contributed by atoms with E-state index >= 15 is 0 Å². The Kier molecular flexibility index (Phi) is 9.60. The average molecular weight is 404 g/mol. The van der Waals surface area contributed by atoms with Gasteiger partial charge in [0.1, 0.15) is 11.9 Å². The van der Waals surface area contributed by atoms with Crippen molar-refractivity contribution >= 4 is 5.96 Å². The summed E-state index contributed by atoms with van der Waals surface area (Å²) in [6, 6.07) is 10.1. The zero-order valence-electron chi connectivity index (χ0n) is 17.9. The fourth-order valence-electron chi connectivity index (χ4n) is 3.82. The van der Waals surface area contributed by atoms with Crippen molar-refractivity contribution in [1.29, 1.82) is 0 Å². The number of aliphatic imine (C=N–C) groups is 1. The maximum absolute atomic E-state index is 6.11. The van der Waals surface area contributed by atoms with Crippen molar-refractivity contribution in [3.8, 4) is 5.75 Å². The molecule has 0 unspecified atom stereocenters. The van der Waals surface area contributed by atoms with Crippen LogP contribution in [0.5, 0.6) is 5.75 Å². The van der Waals surface area contributed by atoms with Gasteiger partial charge in [0.2, 0.25) is 0 Å². The van der Waals surface area contributed by atoms with E-state index < -0.39 is 0 Å². The van der Waals surface area contributed by atoms with Gasteiger partial charge in [-0.2, -0.15) is 0 Å². The highest BCUT2D eigenvalue weighted by molar-refractivity contribution is 5.80. The number of guanidine groups is 1. The summed E-state index contributed by atoms with van der Waals surface area (Å²) in [4.78, 5) is 7.18. The van der Waals surface area contributed by atoms with Crippen molar-refractivity contribution in [3.05, 3.63) is 30.3 Å². The third-order valence-electron chi connectivity index (χ3n) is 5.53. The lowest BCUT2D eigenvalue weighted by atomic mass is 10.0. The summed E-state index contributed by atoms with van der Waals surface area (Å²) < 4.78 is 17.4. The Balaban J connectivity index is 1.34. The molecule has 0 bridgehead atoms. The van der Waals surface area contributed by atoms with Gasteiger partial charge in [0.05, 0.1) is 0 Å². The maximum atomic E-state index is 6.11. The second-order valence-corrected chi connectivity index (χ2v) is 7.84. The Hall–Kier alpha value is -1.79. The number of ether oxygens (including phenoxy) is 3. The second kappa shape index (κ2) is 12.7. The molecule has 1 N–H and O–H groups in total. The molecule has 2 aliphatic heterocycles. The molecule has 1 aromatic carbocycles. The van der Waals surface area contributed by atoms with Gasteiger partial charge in [-0.25, -0.2) is 0 Å². The standard InChI is InChI=1S/C23H37N3O3/c1-2-24-23(25-13-6-16-28-19-20-11-17-27-18-12-20)26-14-9-22(10-15-26)29-21-7-4-3-5-8-21/h3-5,7-8,20,22H,2,6,9-19H2,1H3,(H,24,25). The molecule has 0 saturated carbocycles. The van der Waals surface area contributed by atoms with E-state index in [1.54, 1.807) is 0 Å². The van der Waals surface area contributed by atoms with Gasteiger partial charge in [-0.05, 0) is 44.2 Å². The number of para-hydroxylation sites is 1. The van der Waals surface area contributed by atoms with E-state index in [-0.39, 0.29) is 6.10 Å². The number of benzene rings is 1. The summed E-state index contributed by atoms with van der Waals surface area (Å²) in [5.41, 5.74) is 0. The van der Waals surface area contributed by atoms with E-state index in [1.165, 1.54) is 0 Å². The molecule has 0 aromatic heterocycles. The summed E-state index contributed by atoms with van der Waals surface area (Å²) in [5, 5.41) is 3.44. The molecule has 0 amide bonds. The maximum Gasteiger partial charge on any atom is 0.193 e. The summed E-state index contributed by atoms with van der Waals surface area (Å²) in [7, 11) is 0. The highest BCUT2D eigenvalue weighted by atomic mass is 16.5. The molecule has 2 fully saturated rings. The number of likely N-dealkylation sites (tertiary alicyclic amines) is 1. The molecule has 0 atom stereocenters. The van der Waals surface area contributed by atoms with Gasteiger partial charge in [0, 0.05) is 65.4 Å². The first-order valence-corrected chi connectivity index (χ1v) is 11.3. The number of rotatable bonds is 9. The van der Waals surface area contributed by atoms with Crippen molar-refractivity contribution in [2.24, 2.45) is 10.9 Å². The third-order valence-corrected chi connectivity index (χ3v) is 5.53. The number of hydrogen-bond donors (Lipinski definition) is 1. The summed E-state index contributed by atoms with van der Waals surface area (Å²) >= 11 is 0. The monoisotopic (exact) mass is 403 g/mol. The SMILES string of the molecule is CCNC(=NCCCOCC1CCOCC1)N1CCC(Oc2ccccc2)CC1. The molecular weight excluding hydrogens is 366 g/mol. The zero-order valence-corrected chi connectivity index (χ0v) is 17.9. The number of nitrogens with zero attached hydrogens (tertiary/aromatic N) is 2. The molecule has 0 radical (unpaired) electrons.